The first kappa shape index (κ1) is 26.6. The molecule has 3 aromatic carbocycles. The molecule has 3 aromatic rings. The molecule has 0 spiro atoms. The van der Waals surface area contributed by atoms with Gasteiger partial charge in [0, 0.05) is 21.3 Å². The van der Waals surface area contributed by atoms with Crippen LogP contribution in [0.3, 0.4) is 0 Å². The van der Waals surface area contributed by atoms with Crippen LogP contribution in [0.25, 0.3) is 6.08 Å². The zero-order chi connectivity index (χ0) is 26.4. The monoisotopic (exact) mass is 556 g/mol. The lowest BCUT2D eigenvalue weighted by molar-refractivity contribution is -0.123. The summed E-state index contributed by atoms with van der Waals surface area (Å²) >= 11 is 13.3. The zero-order valence-electron chi connectivity index (χ0n) is 19.7. The Bertz CT molecular complexity index is 1340. The van der Waals surface area contributed by atoms with E-state index >= 15 is 0 Å². The number of nitrogens with zero attached hydrogens (tertiary/aromatic N) is 1. The molecule has 0 aromatic heterocycles. The van der Waals surface area contributed by atoms with Gasteiger partial charge in [0.2, 0.25) is 0 Å². The molecule has 0 atom stereocenters. The number of hydrogen-bond acceptors (Lipinski definition) is 6. The van der Waals surface area contributed by atoms with E-state index in [4.69, 9.17) is 32.7 Å². The standard InChI is InChI=1S/C27H22Cl2N2O5S/c1-2-35-23-13-17(11-12-22(23)36-16-25(32)30-18-7-4-3-5-8-18)14-24-26(33)31(27(34)37-24)15-19-20(28)9-6-10-21(19)29/h3-14H,2,15-16H2,1H3,(H,30,32)/b24-14-. The van der Waals surface area contributed by atoms with Crippen LogP contribution in [0.15, 0.2) is 71.6 Å². The second-order valence-electron chi connectivity index (χ2n) is 7.81. The average Bonchev–Trinajstić information content (AvgIpc) is 3.13. The van der Waals surface area contributed by atoms with E-state index in [9.17, 15) is 14.4 Å². The topological polar surface area (TPSA) is 84.9 Å². The molecule has 190 valence electrons. The van der Waals surface area contributed by atoms with Gasteiger partial charge in [0.15, 0.2) is 18.1 Å². The number of carbonyl (C=O) groups is 3. The Kier molecular flexibility index (Phi) is 8.76. The largest absolute Gasteiger partial charge is 0.490 e. The number of carbonyl (C=O) groups excluding carboxylic acids is 3. The van der Waals surface area contributed by atoms with Gasteiger partial charge in [0.1, 0.15) is 0 Å². The van der Waals surface area contributed by atoms with E-state index in [0.29, 0.717) is 45.0 Å². The molecule has 3 amide bonds. The van der Waals surface area contributed by atoms with Gasteiger partial charge < -0.3 is 14.8 Å². The summed E-state index contributed by atoms with van der Waals surface area (Å²) in [5.41, 5.74) is 1.80. The van der Waals surface area contributed by atoms with Crippen molar-refractivity contribution < 1.29 is 23.9 Å². The molecule has 10 heteroatoms. The predicted molar refractivity (Wildman–Crippen MR) is 146 cm³/mol. The number of ether oxygens (including phenoxy) is 2. The number of imide groups is 1. The summed E-state index contributed by atoms with van der Waals surface area (Å²) in [6.07, 6.45) is 1.60. The van der Waals surface area contributed by atoms with Crippen LogP contribution >= 0.6 is 35.0 Å². The Labute approximate surface area is 228 Å². The second-order valence-corrected chi connectivity index (χ2v) is 9.62. The van der Waals surface area contributed by atoms with Crippen molar-refractivity contribution in [1.82, 2.24) is 4.90 Å². The molecule has 1 aliphatic rings. The first-order valence-electron chi connectivity index (χ1n) is 11.3. The lowest BCUT2D eigenvalue weighted by Gasteiger charge is -2.15. The van der Waals surface area contributed by atoms with Gasteiger partial charge in [-0.2, -0.15) is 0 Å². The minimum atomic E-state index is -0.443. The molecule has 37 heavy (non-hydrogen) atoms. The Morgan fingerprint density at radius 1 is 0.973 bits per heavy atom. The van der Waals surface area contributed by atoms with E-state index in [1.165, 1.54) is 0 Å². The number of nitrogens with one attached hydrogen (secondary N) is 1. The SMILES string of the molecule is CCOc1cc(/C=C2\SC(=O)N(Cc3c(Cl)cccc3Cl)C2=O)ccc1OCC(=O)Nc1ccccc1. The van der Waals surface area contributed by atoms with Gasteiger partial charge >= 0.3 is 0 Å². The van der Waals surface area contributed by atoms with Crippen LogP contribution in [0.2, 0.25) is 10.0 Å². The van der Waals surface area contributed by atoms with E-state index < -0.39 is 11.1 Å². The highest BCUT2D eigenvalue weighted by molar-refractivity contribution is 8.18. The smallest absolute Gasteiger partial charge is 0.293 e. The molecule has 1 aliphatic heterocycles. The van der Waals surface area contributed by atoms with Gasteiger partial charge in [0.05, 0.1) is 18.1 Å². The highest BCUT2D eigenvalue weighted by atomic mass is 35.5. The number of amides is 3. The molecule has 0 bridgehead atoms. The van der Waals surface area contributed by atoms with E-state index in [-0.39, 0.29) is 24.0 Å². The van der Waals surface area contributed by atoms with Crippen molar-refractivity contribution in [1.29, 1.82) is 0 Å². The van der Waals surface area contributed by atoms with Crippen LogP contribution in [-0.2, 0) is 16.1 Å². The Balaban J connectivity index is 1.47. The Morgan fingerprint density at radius 2 is 1.70 bits per heavy atom. The molecular formula is C27H22Cl2N2O5S. The van der Waals surface area contributed by atoms with Crippen molar-refractivity contribution in [2.45, 2.75) is 13.5 Å². The summed E-state index contributed by atoms with van der Waals surface area (Å²) in [4.78, 5) is 39.2. The molecule has 0 radical (unpaired) electrons. The van der Waals surface area contributed by atoms with Crippen LogP contribution < -0.4 is 14.8 Å². The van der Waals surface area contributed by atoms with Crippen molar-refractivity contribution in [3.63, 3.8) is 0 Å². The van der Waals surface area contributed by atoms with Crippen molar-refractivity contribution in [3.05, 3.63) is 92.8 Å². The summed E-state index contributed by atoms with van der Waals surface area (Å²) in [5.74, 6) is 0.0291. The molecule has 0 unspecified atom stereocenters. The fourth-order valence-corrected chi connectivity index (χ4v) is 4.85. The van der Waals surface area contributed by atoms with Crippen LogP contribution in [0.5, 0.6) is 11.5 Å². The normalized spacial score (nSPS) is 14.2. The van der Waals surface area contributed by atoms with Crippen molar-refractivity contribution in [3.8, 4) is 11.5 Å². The van der Waals surface area contributed by atoms with Crippen LogP contribution in [0, 0.1) is 0 Å². The first-order valence-corrected chi connectivity index (χ1v) is 12.9. The molecular weight excluding hydrogens is 535 g/mol. The van der Waals surface area contributed by atoms with E-state index in [0.717, 1.165) is 16.7 Å². The third-order valence-electron chi connectivity index (χ3n) is 5.23. The number of halogens is 2. The second kappa shape index (κ2) is 12.2. The highest BCUT2D eigenvalue weighted by Crippen LogP contribution is 2.37. The fraction of sp³-hybridized carbons (Fsp3) is 0.148. The molecule has 1 fully saturated rings. The first-order chi connectivity index (χ1) is 17.9. The third kappa shape index (κ3) is 6.65. The maximum atomic E-state index is 13.0. The summed E-state index contributed by atoms with van der Waals surface area (Å²) in [6, 6.07) is 19.1. The zero-order valence-corrected chi connectivity index (χ0v) is 22.0. The Morgan fingerprint density at radius 3 is 2.41 bits per heavy atom. The van der Waals surface area contributed by atoms with Gasteiger partial charge in [-0.1, -0.05) is 53.5 Å². The maximum absolute atomic E-state index is 13.0. The van der Waals surface area contributed by atoms with E-state index in [1.54, 1.807) is 54.6 Å². The summed E-state index contributed by atoms with van der Waals surface area (Å²) in [5, 5.41) is 3.10. The highest BCUT2D eigenvalue weighted by Gasteiger charge is 2.35. The molecule has 1 N–H and O–H groups in total. The lowest BCUT2D eigenvalue weighted by atomic mass is 10.1. The Hall–Kier alpha value is -3.46. The van der Waals surface area contributed by atoms with Crippen LogP contribution in [-0.4, -0.2) is 35.2 Å². The van der Waals surface area contributed by atoms with Gasteiger partial charge in [-0.3, -0.25) is 19.3 Å². The number of benzene rings is 3. The molecule has 1 saturated heterocycles. The summed E-state index contributed by atoms with van der Waals surface area (Å²) < 4.78 is 11.4. The van der Waals surface area contributed by atoms with Gasteiger partial charge in [-0.25, -0.2) is 0 Å². The predicted octanol–water partition coefficient (Wildman–Crippen LogP) is 6.65. The minimum absolute atomic E-state index is 0.0253. The van der Waals surface area contributed by atoms with Crippen LogP contribution in [0.4, 0.5) is 10.5 Å². The minimum Gasteiger partial charge on any atom is -0.490 e. The number of hydrogen-bond donors (Lipinski definition) is 1. The lowest BCUT2D eigenvalue weighted by Crippen LogP contribution is -2.27. The van der Waals surface area contributed by atoms with Gasteiger partial charge in [-0.15, -0.1) is 0 Å². The third-order valence-corrected chi connectivity index (χ3v) is 6.85. The van der Waals surface area contributed by atoms with Gasteiger partial charge in [0.25, 0.3) is 17.1 Å². The fourth-order valence-electron chi connectivity index (χ4n) is 3.49. The van der Waals surface area contributed by atoms with Crippen molar-refractivity contribution in [2.24, 2.45) is 0 Å². The quantitative estimate of drug-likeness (QED) is 0.297. The van der Waals surface area contributed by atoms with Crippen LogP contribution in [0.1, 0.15) is 18.1 Å². The molecule has 0 saturated carbocycles. The maximum Gasteiger partial charge on any atom is 0.293 e. The molecule has 0 aliphatic carbocycles. The van der Waals surface area contributed by atoms with Crippen molar-refractivity contribution in [2.75, 3.05) is 18.5 Å². The molecule has 7 nitrogen and oxygen atoms in total. The summed E-state index contributed by atoms with van der Waals surface area (Å²) in [7, 11) is 0. The number of rotatable bonds is 9. The number of thioether (sulfide) groups is 1. The average molecular weight is 557 g/mol. The van der Waals surface area contributed by atoms with E-state index in [2.05, 4.69) is 5.32 Å². The molecule has 1 heterocycles. The number of para-hydroxylation sites is 1. The number of anilines is 1. The molecule has 4 rings (SSSR count). The summed E-state index contributed by atoms with van der Waals surface area (Å²) in [6.45, 7) is 1.95. The van der Waals surface area contributed by atoms with E-state index in [1.807, 2.05) is 25.1 Å². The van der Waals surface area contributed by atoms with Gasteiger partial charge in [-0.05, 0) is 66.7 Å². The van der Waals surface area contributed by atoms with Crippen molar-refractivity contribution >= 4 is 63.8 Å².